The van der Waals surface area contributed by atoms with Gasteiger partial charge >= 0.3 is 0 Å². The molecule has 2 fully saturated rings. The molecule has 2 aliphatic carbocycles. The number of fused-ring (bicyclic) bond motifs is 2. The molecule has 2 aromatic heterocycles. The number of H-pyrrole nitrogens is 1. The summed E-state index contributed by atoms with van der Waals surface area (Å²) in [5.74, 6) is 2.49. The molecule has 3 aliphatic rings. The molecule has 1 spiro atoms. The van der Waals surface area contributed by atoms with Crippen molar-refractivity contribution >= 4 is 0 Å². The second-order valence-corrected chi connectivity index (χ2v) is 8.68. The predicted octanol–water partition coefficient (Wildman–Crippen LogP) is 1.97. The largest absolute Gasteiger partial charge is 0.383 e. The Bertz CT molecular complexity index is 916. The number of piperidine rings is 1. The van der Waals surface area contributed by atoms with Gasteiger partial charge in [0.15, 0.2) is 0 Å². The van der Waals surface area contributed by atoms with E-state index in [9.17, 15) is 4.79 Å². The smallest absolute Gasteiger partial charge is 0.254 e. The lowest BCUT2D eigenvalue weighted by molar-refractivity contribution is 0.130. The number of aromatic amines is 1. The van der Waals surface area contributed by atoms with Crippen LogP contribution in [0.1, 0.15) is 60.9 Å². The Kier molecular flexibility index (Phi) is 4.59. The third kappa shape index (κ3) is 3.20. The summed E-state index contributed by atoms with van der Waals surface area (Å²) in [5.41, 5.74) is 2.18. The Balaban J connectivity index is 1.38. The molecule has 7 nitrogen and oxygen atoms in total. The lowest BCUT2D eigenvalue weighted by atomic mass is 9.77. The van der Waals surface area contributed by atoms with Crippen molar-refractivity contribution in [2.24, 2.45) is 0 Å². The summed E-state index contributed by atoms with van der Waals surface area (Å²) in [5, 5.41) is 0. The van der Waals surface area contributed by atoms with Gasteiger partial charge < -0.3 is 14.3 Å². The first kappa shape index (κ1) is 18.1. The van der Waals surface area contributed by atoms with Gasteiger partial charge in [-0.1, -0.05) is 0 Å². The van der Waals surface area contributed by atoms with Crippen molar-refractivity contribution in [3.05, 3.63) is 45.7 Å². The summed E-state index contributed by atoms with van der Waals surface area (Å²) in [4.78, 5) is 27.8. The summed E-state index contributed by atoms with van der Waals surface area (Å²) >= 11 is 0. The van der Waals surface area contributed by atoms with E-state index in [1.807, 2.05) is 12.4 Å². The van der Waals surface area contributed by atoms with Crippen LogP contribution >= 0.6 is 0 Å². The van der Waals surface area contributed by atoms with Crippen LogP contribution < -0.4 is 5.56 Å². The van der Waals surface area contributed by atoms with Gasteiger partial charge in [-0.05, 0) is 45.1 Å². The molecule has 1 saturated heterocycles. The van der Waals surface area contributed by atoms with Crippen LogP contribution in [0.5, 0.6) is 0 Å². The number of likely N-dealkylation sites (tertiary alicyclic amines) is 1. The molecule has 0 aromatic carbocycles. The molecule has 1 N–H and O–H groups in total. The van der Waals surface area contributed by atoms with Gasteiger partial charge in [0.2, 0.25) is 0 Å². The van der Waals surface area contributed by atoms with Crippen molar-refractivity contribution in [1.82, 2.24) is 24.4 Å². The second-order valence-electron chi connectivity index (χ2n) is 8.68. The molecule has 150 valence electrons. The van der Waals surface area contributed by atoms with Crippen LogP contribution in [-0.2, 0) is 29.7 Å². The number of ether oxygens (including phenoxy) is 1. The number of rotatable bonds is 6. The van der Waals surface area contributed by atoms with Crippen LogP contribution in [-0.4, -0.2) is 51.2 Å². The van der Waals surface area contributed by atoms with Gasteiger partial charge in [-0.25, -0.2) is 9.97 Å². The van der Waals surface area contributed by atoms with Crippen molar-refractivity contribution in [1.29, 1.82) is 0 Å². The van der Waals surface area contributed by atoms with E-state index >= 15 is 0 Å². The third-order valence-corrected chi connectivity index (χ3v) is 6.71. The van der Waals surface area contributed by atoms with E-state index in [2.05, 4.69) is 19.4 Å². The zero-order valence-electron chi connectivity index (χ0n) is 16.6. The minimum Gasteiger partial charge on any atom is -0.383 e. The van der Waals surface area contributed by atoms with E-state index < -0.39 is 0 Å². The van der Waals surface area contributed by atoms with Gasteiger partial charge in [0, 0.05) is 49.5 Å². The Morgan fingerprint density at radius 3 is 3.07 bits per heavy atom. The van der Waals surface area contributed by atoms with Crippen molar-refractivity contribution < 1.29 is 4.74 Å². The first-order chi connectivity index (χ1) is 13.7. The highest BCUT2D eigenvalue weighted by Gasteiger charge is 2.45. The van der Waals surface area contributed by atoms with Crippen molar-refractivity contribution in [2.45, 2.75) is 62.9 Å². The Morgan fingerprint density at radius 2 is 2.25 bits per heavy atom. The molecule has 0 radical (unpaired) electrons. The molecule has 7 heteroatoms. The highest BCUT2D eigenvalue weighted by molar-refractivity contribution is 5.34. The summed E-state index contributed by atoms with van der Waals surface area (Å²) in [6.45, 7) is 4.41. The SMILES string of the molecule is COCCn1ccnc1CN1CCCC2(CCc3c2nc(C2CC2)[nH]c3=O)C1. The highest BCUT2D eigenvalue weighted by Crippen LogP contribution is 2.45. The molecule has 2 aromatic rings. The normalized spacial score (nSPS) is 24.8. The van der Waals surface area contributed by atoms with Gasteiger partial charge in [0.05, 0.1) is 18.8 Å². The van der Waals surface area contributed by atoms with E-state index in [1.54, 1.807) is 7.11 Å². The minimum absolute atomic E-state index is 0.0371. The van der Waals surface area contributed by atoms with Gasteiger partial charge in [-0.2, -0.15) is 0 Å². The Hall–Kier alpha value is -1.99. The fraction of sp³-hybridized carbons (Fsp3) is 0.667. The van der Waals surface area contributed by atoms with Gasteiger partial charge in [0.1, 0.15) is 11.6 Å². The Labute approximate surface area is 165 Å². The molecule has 1 aliphatic heterocycles. The summed E-state index contributed by atoms with van der Waals surface area (Å²) < 4.78 is 7.40. The number of aromatic nitrogens is 4. The summed E-state index contributed by atoms with van der Waals surface area (Å²) in [6.07, 6.45) is 10.4. The van der Waals surface area contributed by atoms with Gasteiger partial charge in [-0.15, -0.1) is 0 Å². The molecule has 0 amide bonds. The fourth-order valence-electron chi connectivity index (χ4n) is 5.06. The molecular formula is C21H29N5O2. The molecule has 5 rings (SSSR count). The molecule has 3 heterocycles. The molecule has 1 atom stereocenters. The number of methoxy groups -OCH3 is 1. The topological polar surface area (TPSA) is 76.0 Å². The quantitative estimate of drug-likeness (QED) is 0.825. The minimum atomic E-state index is 0.0371. The number of hydrogen-bond acceptors (Lipinski definition) is 5. The van der Waals surface area contributed by atoms with E-state index in [1.165, 1.54) is 0 Å². The lowest BCUT2D eigenvalue weighted by Crippen LogP contribution is -2.45. The first-order valence-electron chi connectivity index (χ1n) is 10.5. The zero-order chi connectivity index (χ0) is 19.1. The average Bonchev–Trinajstić information content (AvgIpc) is 3.37. The first-order valence-corrected chi connectivity index (χ1v) is 10.5. The van der Waals surface area contributed by atoms with Crippen LogP contribution in [0.3, 0.4) is 0 Å². The maximum Gasteiger partial charge on any atom is 0.254 e. The number of nitrogens with one attached hydrogen (secondary N) is 1. The van der Waals surface area contributed by atoms with E-state index in [-0.39, 0.29) is 11.0 Å². The van der Waals surface area contributed by atoms with Crippen LogP contribution in [0.2, 0.25) is 0 Å². The maximum atomic E-state index is 12.6. The van der Waals surface area contributed by atoms with Gasteiger partial charge in [-0.3, -0.25) is 9.69 Å². The van der Waals surface area contributed by atoms with Crippen molar-refractivity contribution in [3.63, 3.8) is 0 Å². The molecular weight excluding hydrogens is 354 g/mol. The Morgan fingerprint density at radius 1 is 1.36 bits per heavy atom. The molecule has 0 bridgehead atoms. The second kappa shape index (κ2) is 7.12. The molecule has 1 saturated carbocycles. The van der Waals surface area contributed by atoms with Crippen LogP contribution in [0, 0.1) is 0 Å². The van der Waals surface area contributed by atoms with E-state index in [0.29, 0.717) is 12.5 Å². The highest BCUT2D eigenvalue weighted by atomic mass is 16.5. The van der Waals surface area contributed by atoms with Crippen molar-refractivity contribution in [3.8, 4) is 0 Å². The predicted molar refractivity (Wildman–Crippen MR) is 105 cm³/mol. The standard InChI is InChI=1S/C21H29N5O2/c1-28-12-11-26-10-8-22-17(26)13-25-9-2-6-21(14-25)7-5-16-18(21)23-19(15-3-4-15)24-20(16)27/h8,10,15H,2-7,9,11-14H2,1H3,(H,23,24,27). The molecule has 1 unspecified atom stereocenters. The summed E-state index contributed by atoms with van der Waals surface area (Å²) in [6, 6.07) is 0. The maximum absolute atomic E-state index is 12.6. The van der Waals surface area contributed by atoms with Gasteiger partial charge in [0.25, 0.3) is 5.56 Å². The number of nitrogens with zero attached hydrogens (tertiary/aromatic N) is 4. The molecule has 28 heavy (non-hydrogen) atoms. The van der Waals surface area contributed by atoms with Crippen molar-refractivity contribution in [2.75, 3.05) is 26.8 Å². The monoisotopic (exact) mass is 383 g/mol. The lowest BCUT2D eigenvalue weighted by Gasteiger charge is -2.40. The van der Waals surface area contributed by atoms with Crippen LogP contribution in [0.25, 0.3) is 0 Å². The average molecular weight is 383 g/mol. The van der Waals surface area contributed by atoms with Crippen LogP contribution in [0.4, 0.5) is 0 Å². The number of hydrogen-bond donors (Lipinski definition) is 1. The van der Waals surface area contributed by atoms with E-state index in [4.69, 9.17) is 9.72 Å². The van der Waals surface area contributed by atoms with Crippen LogP contribution in [0.15, 0.2) is 17.2 Å². The number of imidazole rings is 1. The summed E-state index contributed by atoms with van der Waals surface area (Å²) in [7, 11) is 1.73. The third-order valence-electron chi connectivity index (χ3n) is 6.71. The fourth-order valence-corrected chi connectivity index (χ4v) is 5.06. The zero-order valence-corrected chi connectivity index (χ0v) is 16.6. The van der Waals surface area contributed by atoms with E-state index in [0.717, 1.165) is 87.6 Å².